The van der Waals surface area contributed by atoms with Gasteiger partial charge >= 0.3 is 0 Å². The predicted molar refractivity (Wildman–Crippen MR) is 48.4 cm³/mol. The molecular weight excluding hydrogens is 190 g/mol. The van der Waals surface area contributed by atoms with Crippen molar-refractivity contribution in [2.24, 2.45) is 5.73 Å². The second-order valence-electron chi connectivity index (χ2n) is 2.84. The van der Waals surface area contributed by atoms with Gasteiger partial charge in [-0.1, -0.05) is 0 Å². The molecule has 1 heterocycles. The minimum atomic E-state index is -2.48. The summed E-state index contributed by atoms with van der Waals surface area (Å²) in [5.41, 5.74) is 6.75. The zero-order valence-electron chi connectivity index (χ0n) is 7.84. The highest BCUT2D eigenvalue weighted by atomic mass is 19.3. The summed E-state index contributed by atoms with van der Waals surface area (Å²) in [6, 6.07) is 1.60. The zero-order valence-corrected chi connectivity index (χ0v) is 7.84. The van der Waals surface area contributed by atoms with E-state index >= 15 is 0 Å². The number of halogens is 2. The highest BCUT2D eigenvalue weighted by molar-refractivity contribution is 5.32. The van der Waals surface area contributed by atoms with Crippen molar-refractivity contribution in [3.8, 4) is 5.75 Å². The van der Waals surface area contributed by atoms with Crippen molar-refractivity contribution in [2.75, 3.05) is 6.61 Å². The van der Waals surface area contributed by atoms with Crippen LogP contribution in [0.2, 0.25) is 0 Å². The average molecular weight is 202 g/mol. The lowest BCUT2D eigenvalue weighted by molar-refractivity contribution is 0.0813. The van der Waals surface area contributed by atoms with E-state index in [1.807, 2.05) is 0 Å². The number of nitrogens with two attached hydrogens (primary N) is 1. The minimum absolute atomic E-state index is 0.228. The molecule has 0 amide bonds. The van der Waals surface area contributed by atoms with E-state index in [9.17, 15) is 8.78 Å². The van der Waals surface area contributed by atoms with Crippen molar-refractivity contribution < 1.29 is 13.5 Å². The van der Waals surface area contributed by atoms with Crippen LogP contribution in [0.3, 0.4) is 0 Å². The molecule has 1 aromatic rings. The smallest absolute Gasteiger partial charge is 0.272 e. The van der Waals surface area contributed by atoms with E-state index in [1.54, 1.807) is 13.0 Å². The van der Waals surface area contributed by atoms with Gasteiger partial charge in [0.15, 0.2) is 0 Å². The fourth-order valence-electron chi connectivity index (χ4n) is 1.00. The molecular formula is C9H12F2N2O. The van der Waals surface area contributed by atoms with Gasteiger partial charge < -0.3 is 10.5 Å². The summed E-state index contributed by atoms with van der Waals surface area (Å²) in [7, 11) is 0. The van der Waals surface area contributed by atoms with Crippen molar-refractivity contribution in [1.82, 2.24) is 4.98 Å². The number of aryl methyl sites for hydroxylation is 1. The lowest BCUT2D eigenvalue weighted by atomic mass is 10.2. The Balaban J connectivity index is 2.77. The Morgan fingerprint density at radius 3 is 2.86 bits per heavy atom. The molecule has 0 aliphatic heterocycles. The summed E-state index contributed by atoms with van der Waals surface area (Å²) in [6.45, 7) is 1.37. The van der Waals surface area contributed by atoms with Crippen molar-refractivity contribution in [3.63, 3.8) is 0 Å². The van der Waals surface area contributed by atoms with E-state index in [0.717, 1.165) is 0 Å². The second kappa shape index (κ2) is 4.85. The summed E-state index contributed by atoms with van der Waals surface area (Å²) in [5, 5.41) is 0. The van der Waals surface area contributed by atoms with Crippen LogP contribution in [0.15, 0.2) is 12.3 Å². The van der Waals surface area contributed by atoms with Crippen LogP contribution in [0, 0.1) is 6.92 Å². The molecule has 14 heavy (non-hydrogen) atoms. The van der Waals surface area contributed by atoms with Gasteiger partial charge in [-0.2, -0.15) is 0 Å². The average Bonchev–Trinajstić information content (AvgIpc) is 2.15. The van der Waals surface area contributed by atoms with Gasteiger partial charge in [0.25, 0.3) is 6.43 Å². The first-order chi connectivity index (χ1) is 6.63. The summed E-state index contributed by atoms with van der Waals surface area (Å²) in [5.74, 6) is 0.389. The van der Waals surface area contributed by atoms with Crippen LogP contribution in [-0.2, 0) is 6.54 Å². The minimum Gasteiger partial charge on any atom is -0.487 e. The Bertz CT molecular complexity index is 305. The fourth-order valence-corrected chi connectivity index (χ4v) is 1.00. The molecule has 5 heteroatoms. The third-order valence-electron chi connectivity index (χ3n) is 1.67. The maximum absolute atomic E-state index is 11.9. The molecule has 0 atom stereocenters. The van der Waals surface area contributed by atoms with E-state index in [0.29, 0.717) is 17.0 Å². The molecule has 0 spiro atoms. The zero-order chi connectivity index (χ0) is 10.6. The quantitative estimate of drug-likeness (QED) is 0.804. The molecule has 3 nitrogen and oxygen atoms in total. The van der Waals surface area contributed by atoms with Gasteiger partial charge in [-0.15, -0.1) is 0 Å². The lowest BCUT2D eigenvalue weighted by Crippen LogP contribution is -2.10. The Labute approximate surface area is 80.9 Å². The second-order valence-corrected chi connectivity index (χ2v) is 2.84. The molecule has 1 aromatic heterocycles. The van der Waals surface area contributed by atoms with Crippen molar-refractivity contribution >= 4 is 0 Å². The number of hydrogen-bond donors (Lipinski definition) is 1. The molecule has 0 saturated heterocycles. The monoisotopic (exact) mass is 202 g/mol. The summed E-state index contributed by atoms with van der Waals surface area (Å²) in [4.78, 5) is 3.99. The molecule has 78 valence electrons. The van der Waals surface area contributed by atoms with Gasteiger partial charge in [-0.3, -0.25) is 4.98 Å². The van der Waals surface area contributed by atoms with Gasteiger partial charge in [-0.25, -0.2) is 8.78 Å². The molecule has 0 aliphatic carbocycles. The summed E-state index contributed by atoms with van der Waals surface area (Å²) < 4.78 is 28.7. The maximum atomic E-state index is 11.9. The number of rotatable bonds is 4. The lowest BCUT2D eigenvalue weighted by Gasteiger charge is -2.09. The molecule has 0 aliphatic rings. The Kier molecular flexibility index (Phi) is 3.76. The fraction of sp³-hybridized carbons (Fsp3) is 0.444. The van der Waals surface area contributed by atoms with Crippen molar-refractivity contribution in [1.29, 1.82) is 0 Å². The topological polar surface area (TPSA) is 48.1 Å². The Morgan fingerprint density at radius 2 is 2.29 bits per heavy atom. The van der Waals surface area contributed by atoms with E-state index in [2.05, 4.69) is 4.98 Å². The van der Waals surface area contributed by atoms with E-state index in [-0.39, 0.29) is 6.54 Å². The number of nitrogens with zero attached hydrogens (tertiary/aromatic N) is 1. The first kappa shape index (κ1) is 10.8. The van der Waals surface area contributed by atoms with Crippen LogP contribution in [0.25, 0.3) is 0 Å². The number of ether oxygens (including phenoxy) is 1. The highest BCUT2D eigenvalue weighted by Gasteiger charge is 2.07. The van der Waals surface area contributed by atoms with Crippen LogP contribution in [-0.4, -0.2) is 18.0 Å². The van der Waals surface area contributed by atoms with Gasteiger partial charge in [-0.05, 0) is 6.92 Å². The molecule has 1 rings (SSSR count). The third kappa shape index (κ3) is 2.92. The first-order valence-corrected chi connectivity index (χ1v) is 4.20. The van der Waals surface area contributed by atoms with Gasteiger partial charge in [0.2, 0.25) is 0 Å². The molecule has 0 unspecified atom stereocenters. The summed E-state index contributed by atoms with van der Waals surface area (Å²) in [6.07, 6.45) is -0.940. The predicted octanol–water partition coefficient (Wildman–Crippen LogP) is 1.49. The van der Waals surface area contributed by atoms with Gasteiger partial charge in [0.05, 0.1) is 0 Å². The summed E-state index contributed by atoms with van der Waals surface area (Å²) >= 11 is 0. The Hall–Kier alpha value is -1.23. The van der Waals surface area contributed by atoms with E-state index in [1.165, 1.54) is 6.20 Å². The van der Waals surface area contributed by atoms with Gasteiger partial charge in [0.1, 0.15) is 12.4 Å². The Morgan fingerprint density at radius 1 is 1.57 bits per heavy atom. The highest BCUT2D eigenvalue weighted by Crippen LogP contribution is 2.18. The number of alkyl halides is 2. The largest absolute Gasteiger partial charge is 0.487 e. The molecule has 2 N–H and O–H groups in total. The van der Waals surface area contributed by atoms with Crippen LogP contribution in [0.4, 0.5) is 8.78 Å². The number of pyridine rings is 1. The molecule has 0 saturated carbocycles. The van der Waals surface area contributed by atoms with Crippen LogP contribution in [0.5, 0.6) is 5.75 Å². The SMILES string of the molecule is Cc1cc(OCC(F)F)c(CN)cn1. The van der Waals surface area contributed by atoms with Crippen molar-refractivity contribution in [2.45, 2.75) is 19.9 Å². The maximum Gasteiger partial charge on any atom is 0.272 e. The number of aromatic nitrogens is 1. The number of hydrogen-bond acceptors (Lipinski definition) is 3. The normalized spacial score (nSPS) is 10.6. The third-order valence-corrected chi connectivity index (χ3v) is 1.67. The van der Waals surface area contributed by atoms with Crippen LogP contribution < -0.4 is 10.5 Å². The molecule has 0 bridgehead atoms. The first-order valence-electron chi connectivity index (χ1n) is 4.20. The van der Waals surface area contributed by atoms with Crippen LogP contribution in [0.1, 0.15) is 11.3 Å². The van der Waals surface area contributed by atoms with Gasteiger partial charge in [0, 0.05) is 30.1 Å². The van der Waals surface area contributed by atoms with Crippen molar-refractivity contribution in [3.05, 3.63) is 23.5 Å². The van der Waals surface area contributed by atoms with E-state index < -0.39 is 13.0 Å². The molecule has 0 fully saturated rings. The molecule has 0 aromatic carbocycles. The molecule has 0 radical (unpaired) electrons. The van der Waals surface area contributed by atoms with E-state index in [4.69, 9.17) is 10.5 Å². The van der Waals surface area contributed by atoms with Crippen LogP contribution >= 0.6 is 0 Å². The standard InChI is InChI=1S/C9H12F2N2O/c1-6-2-8(14-5-9(10)11)7(3-12)4-13-6/h2,4,9H,3,5,12H2,1H3.